The van der Waals surface area contributed by atoms with E-state index in [4.69, 9.17) is 0 Å². The maximum absolute atomic E-state index is 4.32. The molecule has 0 N–H and O–H groups in total. The molecular weight excluding hydrogens is 467 g/mol. The molecule has 0 saturated carbocycles. The fourth-order valence-corrected chi connectivity index (χ4v) is 48.8. The van der Waals surface area contributed by atoms with Crippen molar-refractivity contribution in [3.8, 4) is 0 Å². The Hall–Kier alpha value is 1.40. The molecular formula is C15H33BrPb. The van der Waals surface area contributed by atoms with Gasteiger partial charge in [0.1, 0.15) is 0 Å². The van der Waals surface area contributed by atoms with Crippen molar-refractivity contribution in [3.05, 3.63) is 0 Å². The zero-order chi connectivity index (χ0) is 14.1. The molecule has 104 valence electrons. The zero-order valence-corrected chi connectivity index (χ0v) is 19.0. The second-order valence-electron chi connectivity index (χ2n) is 9.36. The maximum atomic E-state index is 4.32. The predicted octanol–water partition coefficient (Wildman–Crippen LogP) is 6.47. The van der Waals surface area contributed by atoms with E-state index in [1.807, 2.05) is 0 Å². The first-order valence-electron chi connectivity index (χ1n) is 6.81. The summed E-state index contributed by atoms with van der Waals surface area (Å²) >= 11 is 2.01. The summed E-state index contributed by atoms with van der Waals surface area (Å²) in [6.07, 6.45) is 0. The molecule has 0 aromatic heterocycles. The van der Waals surface area contributed by atoms with Crippen LogP contribution < -0.4 is 0 Å². The number of hydrogen-bond donors (Lipinski definition) is 0. The molecule has 0 nitrogen and oxygen atoms in total. The summed E-state index contributed by atoms with van der Waals surface area (Å²) in [5.74, 6) is 0. The van der Waals surface area contributed by atoms with E-state index in [-0.39, 0.29) is 0 Å². The van der Waals surface area contributed by atoms with E-state index in [1.165, 1.54) is 11.9 Å². The summed E-state index contributed by atoms with van der Waals surface area (Å²) in [4.78, 5) is 0. The summed E-state index contributed by atoms with van der Waals surface area (Å²) in [6, 6.07) is 0. The fraction of sp³-hybridized carbons (Fsp3) is 1.00. The molecule has 0 aromatic rings. The molecule has 0 heterocycles. The minimum absolute atomic E-state index is 0.474. The molecule has 0 saturated heterocycles. The molecule has 17 heavy (non-hydrogen) atoms. The summed E-state index contributed by atoms with van der Waals surface area (Å²) < 4.78 is 4.36. The summed E-state index contributed by atoms with van der Waals surface area (Å²) in [7, 11) is 0. The van der Waals surface area contributed by atoms with Crippen molar-refractivity contribution in [2.75, 3.05) is 0 Å². The van der Waals surface area contributed by atoms with Crippen molar-refractivity contribution >= 4 is 30.7 Å². The van der Waals surface area contributed by atoms with Gasteiger partial charge in [0.25, 0.3) is 0 Å². The molecule has 0 aromatic carbocycles. The molecule has 0 atom stereocenters. The SMILES string of the molecule is CC(C)(C)[CH2][Pb]([Br])([CH2]C(C)(C)C)[CH2]C(C)(C)C. The van der Waals surface area contributed by atoms with Crippen molar-refractivity contribution in [1.29, 1.82) is 0 Å². The first-order chi connectivity index (χ1) is 7.12. The van der Waals surface area contributed by atoms with Crippen LogP contribution >= 0.6 is 12.0 Å². The summed E-state index contributed by atoms with van der Waals surface area (Å²) in [5, 5.41) is 0. The number of hydrogen-bond acceptors (Lipinski definition) is 0. The van der Waals surface area contributed by atoms with Gasteiger partial charge in [0, 0.05) is 0 Å². The normalized spacial score (nSPS) is 15.2. The van der Waals surface area contributed by atoms with Gasteiger partial charge in [-0.2, -0.15) is 0 Å². The van der Waals surface area contributed by atoms with Crippen molar-refractivity contribution in [2.45, 2.75) is 74.3 Å². The molecule has 2 heteroatoms. The third-order valence-corrected chi connectivity index (χ3v) is 29.7. The molecule has 0 bridgehead atoms. The van der Waals surface area contributed by atoms with E-state index in [2.05, 4.69) is 74.3 Å². The standard InChI is InChI=1S/3C5H11.BrH.Pb/c3*1-5(2,3)4;;/h3*1H2,2-4H3;1H;/q;;;;+1/p-1. The van der Waals surface area contributed by atoms with Crippen LogP contribution in [-0.2, 0) is 0 Å². The topological polar surface area (TPSA) is 0 Å². The first-order valence-corrected chi connectivity index (χ1v) is 23.5. The van der Waals surface area contributed by atoms with Crippen LogP contribution in [-0.4, -0.2) is 18.8 Å². The number of halogens is 1. The first kappa shape index (κ1) is 18.4. The Kier molecular flexibility index (Phi) is 6.28. The van der Waals surface area contributed by atoms with E-state index < -0.39 is 18.8 Å². The summed E-state index contributed by atoms with van der Waals surface area (Å²) in [6.45, 7) is 21.6. The molecule has 0 spiro atoms. The zero-order valence-electron chi connectivity index (χ0n) is 13.5. The molecule has 0 aliphatic carbocycles. The molecule has 0 aliphatic rings. The Bertz CT molecular complexity index is 196. The van der Waals surface area contributed by atoms with Gasteiger partial charge < -0.3 is 0 Å². The quantitative estimate of drug-likeness (QED) is 0.390. The molecule has 0 fully saturated rings. The van der Waals surface area contributed by atoms with Crippen LogP contribution in [0.4, 0.5) is 0 Å². The average Bonchev–Trinajstić information content (AvgIpc) is 1.65. The summed E-state index contributed by atoms with van der Waals surface area (Å²) in [5.41, 5.74) is 1.42. The average molecular weight is 501 g/mol. The molecule has 0 amide bonds. The molecule has 0 radical (unpaired) electrons. The van der Waals surface area contributed by atoms with E-state index >= 15 is 0 Å². The van der Waals surface area contributed by atoms with Crippen LogP contribution in [0.15, 0.2) is 0 Å². The molecule has 0 rings (SSSR count). The van der Waals surface area contributed by atoms with Crippen LogP contribution in [0, 0.1) is 16.2 Å². The van der Waals surface area contributed by atoms with E-state index in [0.29, 0.717) is 16.2 Å². The third kappa shape index (κ3) is 11.0. The van der Waals surface area contributed by atoms with Crippen LogP contribution in [0.25, 0.3) is 0 Å². The van der Waals surface area contributed by atoms with Gasteiger partial charge in [0.15, 0.2) is 0 Å². The van der Waals surface area contributed by atoms with Gasteiger partial charge in [0.05, 0.1) is 0 Å². The van der Waals surface area contributed by atoms with Gasteiger partial charge >= 0.3 is 121 Å². The number of rotatable bonds is 3. The fourth-order valence-electron chi connectivity index (χ4n) is 3.04. The second-order valence-corrected chi connectivity index (χ2v) is 37.2. The monoisotopic (exact) mass is 500 g/mol. The van der Waals surface area contributed by atoms with Gasteiger partial charge in [-0.3, -0.25) is 0 Å². The van der Waals surface area contributed by atoms with Crippen LogP contribution in [0.3, 0.4) is 0 Å². The van der Waals surface area contributed by atoms with Crippen molar-refractivity contribution < 1.29 is 0 Å². The van der Waals surface area contributed by atoms with Gasteiger partial charge in [-0.05, 0) is 0 Å². The minimum atomic E-state index is -2.31. The molecule has 0 unspecified atom stereocenters. The van der Waals surface area contributed by atoms with Gasteiger partial charge in [0.2, 0.25) is 0 Å². The predicted molar refractivity (Wildman–Crippen MR) is 87.5 cm³/mol. The Morgan fingerprint density at radius 2 is 0.765 bits per heavy atom. The second kappa shape index (κ2) is 5.80. The van der Waals surface area contributed by atoms with Crippen molar-refractivity contribution in [2.24, 2.45) is 16.2 Å². The van der Waals surface area contributed by atoms with Gasteiger partial charge in [-0.15, -0.1) is 0 Å². The van der Waals surface area contributed by atoms with E-state index in [9.17, 15) is 0 Å². The Labute approximate surface area is 120 Å². The Morgan fingerprint density at radius 3 is 0.882 bits per heavy atom. The van der Waals surface area contributed by atoms with Crippen LogP contribution in [0.5, 0.6) is 0 Å². The molecule has 0 aliphatic heterocycles. The Balaban J connectivity index is 4.95. The van der Waals surface area contributed by atoms with Crippen LogP contribution in [0.2, 0.25) is 11.9 Å². The van der Waals surface area contributed by atoms with Crippen LogP contribution in [0.1, 0.15) is 62.3 Å². The van der Waals surface area contributed by atoms with Gasteiger partial charge in [-0.25, -0.2) is 0 Å². The van der Waals surface area contributed by atoms with Crippen molar-refractivity contribution in [3.63, 3.8) is 0 Å². The van der Waals surface area contributed by atoms with Crippen molar-refractivity contribution in [1.82, 2.24) is 0 Å². The van der Waals surface area contributed by atoms with Gasteiger partial charge in [-0.1, -0.05) is 0 Å². The van der Waals surface area contributed by atoms with E-state index in [0.717, 1.165) is 0 Å². The Morgan fingerprint density at radius 1 is 0.588 bits per heavy atom. The third-order valence-electron chi connectivity index (χ3n) is 2.54. The van der Waals surface area contributed by atoms with E-state index in [1.54, 1.807) is 0 Å².